The third-order valence-corrected chi connectivity index (χ3v) is 2.86. The summed E-state index contributed by atoms with van der Waals surface area (Å²) < 4.78 is 21.3. The van der Waals surface area contributed by atoms with Crippen molar-refractivity contribution in [3.63, 3.8) is 0 Å². The molecule has 1 unspecified atom stereocenters. The van der Waals surface area contributed by atoms with Gasteiger partial charge in [0.1, 0.15) is 10.8 Å². The Morgan fingerprint density at radius 3 is 2.67 bits per heavy atom. The first-order valence-corrected chi connectivity index (χ1v) is 6.73. The van der Waals surface area contributed by atoms with Gasteiger partial charge in [-0.3, -0.25) is 4.52 Å². The largest absolute Gasteiger partial charge is 0.458 e. The summed E-state index contributed by atoms with van der Waals surface area (Å²) in [5.41, 5.74) is 0. The molecule has 0 rings (SSSR count). The van der Waals surface area contributed by atoms with Crippen molar-refractivity contribution in [2.45, 2.75) is 0 Å². The van der Waals surface area contributed by atoms with Crippen LogP contribution >= 0.6 is 42.5 Å². The maximum absolute atomic E-state index is 11.8. The van der Waals surface area contributed by atoms with E-state index >= 15 is 0 Å². The highest BCUT2D eigenvalue weighted by molar-refractivity contribution is 7.51. The Morgan fingerprint density at radius 2 is 2.20 bits per heavy atom. The minimum absolute atomic E-state index is 0.0801. The fourth-order valence-corrected chi connectivity index (χ4v) is 2.11. The Balaban J connectivity index is 4.32. The van der Waals surface area contributed by atoms with Crippen LogP contribution in [0.3, 0.4) is 0 Å². The molecule has 0 saturated carbocycles. The third-order valence-electron chi connectivity index (χ3n) is 1.05. The molecule has 4 nitrogen and oxygen atoms in total. The van der Waals surface area contributed by atoms with Gasteiger partial charge in [0.15, 0.2) is 0 Å². The molecular weight excluding hydrogens is 283 g/mol. The molecule has 15 heavy (non-hydrogen) atoms. The maximum atomic E-state index is 11.8. The number of alkyl halides is 1. The Labute approximate surface area is 104 Å². The number of halogens is 3. The zero-order valence-electron chi connectivity index (χ0n) is 7.79. The van der Waals surface area contributed by atoms with Crippen LogP contribution in [0.4, 0.5) is 0 Å². The number of hydrogen-bond acceptors (Lipinski definition) is 3. The lowest BCUT2D eigenvalue weighted by Crippen LogP contribution is -2.14. The fourth-order valence-electron chi connectivity index (χ4n) is 0.554. The summed E-state index contributed by atoms with van der Waals surface area (Å²) in [6.07, 6.45) is 2.43. The van der Waals surface area contributed by atoms with Crippen molar-refractivity contribution in [3.8, 4) is 0 Å². The summed E-state index contributed by atoms with van der Waals surface area (Å²) in [6.45, 7) is 3.79. The monoisotopic (exact) mass is 293 g/mol. The first-order valence-electron chi connectivity index (χ1n) is 3.90. The lowest BCUT2D eigenvalue weighted by molar-refractivity contribution is 0.254. The molecule has 0 aliphatic carbocycles. The van der Waals surface area contributed by atoms with Gasteiger partial charge in [-0.05, 0) is 0 Å². The highest BCUT2D eigenvalue weighted by Crippen LogP contribution is 2.44. The molecule has 0 radical (unpaired) electrons. The predicted molar refractivity (Wildman–Crippen MR) is 63.4 cm³/mol. The van der Waals surface area contributed by atoms with Gasteiger partial charge in [0.2, 0.25) is 0 Å². The fraction of sp³-hybridized carbons (Fsp3) is 0.429. The molecule has 0 aliphatic heterocycles. The second kappa shape index (κ2) is 8.45. The van der Waals surface area contributed by atoms with Gasteiger partial charge in [0, 0.05) is 12.4 Å². The normalized spacial score (nSPS) is 14.1. The van der Waals surface area contributed by atoms with Crippen LogP contribution < -0.4 is 5.09 Å². The molecule has 0 amide bonds. The zero-order chi connectivity index (χ0) is 11.7. The van der Waals surface area contributed by atoms with Crippen LogP contribution in [0.5, 0.6) is 0 Å². The van der Waals surface area contributed by atoms with Gasteiger partial charge < -0.3 is 4.52 Å². The van der Waals surface area contributed by atoms with Crippen molar-refractivity contribution in [1.82, 2.24) is 5.09 Å². The standard InChI is InChI=1S/C7H11Cl3NO3P/c1-2-4-11-15(12,13-5-3-8)14-6-7(9)10/h2,6H,1,3-5H2,(H,11,12). The molecule has 0 saturated heterocycles. The van der Waals surface area contributed by atoms with Gasteiger partial charge in [-0.25, -0.2) is 9.65 Å². The maximum Gasteiger partial charge on any atom is 0.458 e. The summed E-state index contributed by atoms with van der Waals surface area (Å²) in [5, 5.41) is 2.51. The minimum Gasteiger partial charge on any atom is -0.419 e. The molecule has 0 fully saturated rings. The molecule has 1 N–H and O–H groups in total. The Bertz CT molecular complexity index is 268. The lowest BCUT2D eigenvalue weighted by Gasteiger charge is -2.16. The van der Waals surface area contributed by atoms with Crippen molar-refractivity contribution in [2.24, 2.45) is 0 Å². The van der Waals surface area contributed by atoms with E-state index in [1.54, 1.807) is 0 Å². The highest BCUT2D eigenvalue weighted by Gasteiger charge is 2.23. The van der Waals surface area contributed by atoms with Crippen molar-refractivity contribution >= 4 is 42.5 Å². The van der Waals surface area contributed by atoms with Gasteiger partial charge in [0.05, 0.1) is 6.61 Å². The Morgan fingerprint density at radius 1 is 1.53 bits per heavy atom. The van der Waals surface area contributed by atoms with Gasteiger partial charge in [0.25, 0.3) is 0 Å². The van der Waals surface area contributed by atoms with E-state index in [2.05, 4.69) is 11.7 Å². The van der Waals surface area contributed by atoms with E-state index < -0.39 is 7.75 Å². The van der Waals surface area contributed by atoms with Crippen LogP contribution in [0.15, 0.2) is 23.4 Å². The van der Waals surface area contributed by atoms with Crippen LogP contribution in [0.25, 0.3) is 0 Å². The molecular formula is C7H11Cl3NO3P. The zero-order valence-corrected chi connectivity index (χ0v) is 11.0. The van der Waals surface area contributed by atoms with Crippen molar-refractivity contribution in [2.75, 3.05) is 19.0 Å². The average Bonchev–Trinajstić information content (AvgIpc) is 2.21. The van der Waals surface area contributed by atoms with E-state index in [0.29, 0.717) is 0 Å². The van der Waals surface area contributed by atoms with Crippen molar-refractivity contribution in [1.29, 1.82) is 0 Å². The topological polar surface area (TPSA) is 47.6 Å². The summed E-state index contributed by atoms with van der Waals surface area (Å²) >= 11 is 16.0. The van der Waals surface area contributed by atoms with E-state index in [9.17, 15) is 4.57 Å². The number of nitrogens with one attached hydrogen (secondary N) is 1. The molecule has 0 spiro atoms. The van der Waals surface area contributed by atoms with Gasteiger partial charge in [-0.2, -0.15) is 0 Å². The molecule has 0 aliphatic rings. The summed E-state index contributed by atoms with van der Waals surface area (Å²) in [4.78, 5) is 0. The molecule has 0 aromatic carbocycles. The SMILES string of the molecule is C=CCNP(=O)(OC=C(Cl)Cl)OCCCl. The van der Waals surface area contributed by atoms with Gasteiger partial charge >= 0.3 is 7.75 Å². The molecule has 0 aromatic heterocycles. The number of rotatable bonds is 8. The second-order valence-corrected chi connectivity index (χ2v) is 5.35. The van der Waals surface area contributed by atoms with Crippen LogP contribution in [0, 0.1) is 0 Å². The molecule has 0 bridgehead atoms. The number of hydrogen-bond donors (Lipinski definition) is 1. The average molecular weight is 295 g/mol. The van der Waals surface area contributed by atoms with Crippen LogP contribution in [0.2, 0.25) is 0 Å². The highest BCUT2D eigenvalue weighted by atomic mass is 35.5. The predicted octanol–water partition coefficient (Wildman–Crippen LogP) is 3.42. The first-order chi connectivity index (χ1) is 7.04. The van der Waals surface area contributed by atoms with Crippen LogP contribution in [-0.4, -0.2) is 19.0 Å². The minimum atomic E-state index is -3.46. The van der Waals surface area contributed by atoms with Gasteiger partial charge in [-0.15, -0.1) is 18.2 Å². The van der Waals surface area contributed by atoms with Crippen molar-refractivity contribution < 1.29 is 13.6 Å². The third kappa shape index (κ3) is 8.14. The molecule has 1 atom stereocenters. The Kier molecular flexibility index (Phi) is 8.62. The summed E-state index contributed by atoms with van der Waals surface area (Å²) in [7, 11) is -3.46. The van der Waals surface area contributed by atoms with Crippen LogP contribution in [-0.2, 0) is 13.6 Å². The van der Waals surface area contributed by atoms with Crippen LogP contribution in [0.1, 0.15) is 0 Å². The van der Waals surface area contributed by atoms with Gasteiger partial charge in [-0.1, -0.05) is 29.3 Å². The van der Waals surface area contributed by atoms with E-state index in [4.69, 9.17) is 43.9 Å². The van der Waals surface area contributed by atoms with Crippen molar-refractivity contribution in [3.05, 3.63) is 23.4 Å². The smallest absolute Gasteiger partial charge is 0.419 e. The first kappa shape index (κ1) is 15.3. The summed E-state index contributed by atoms with van der Waals surface area (Å²) in [5.74, 6) is 0.196. The second-order valence-electron chi connectivity index (χ2n) is 2.18. The quantitative estimate of drug-likeness (QED) is 0.322. The molecule has 0 aromatic rings. The van der Waals surface area contributed by atoms with E-state index in [1.165, 1.54) is 6.08 Å². The Hall–Kier alpha value is 0.300. The van der Waals surface area contributed by atoms with E-state index in [1.807, 2.05) is 0 Å². The lowest BCUT2D eigenvalue weighted by atomic mass is 10.7. The van der Waals surface area contributed by atoms with E-state index in [0.717, 1.165) is 6.26 Å². The van der Waals surface area contributed by atoms with E-state index in [-0.39, 0.29) is 23.5 Å². The molecule has 8 heteroatoms. The molecule has 0 heterocycles. The molecule has 88 valence electrons. The summed E-state index contributed by atoms with van der Waals surface area (Å²) in [6, 6.07) is 0.